The highest BCUT2D eigenvalue weighted by Gasteiger charge is 2.14. The molecule has 1 atom stereocenters. The maximum atomic E-state index is 5.63. The zero-order valence-electron chi connectivity index (χ0n) is 11.3. The SMILES string of the molecule is C1CCC(CCNCCCC2CCCO2)CC1. The van der Waals surface area contributed by atoms with Gasteiger partial charge in [-0.05, 0) is 51.1 Å². The Balaban J connectivity index is 1.38. The van der Waals surface area contributed by atoms with E-state index in [4.69, 9.17) is 4.74 Å². The number of nitrogens with one attached hydrogen (secondary N) is 1. The van der Waals surface area contributed by atoms with Crippen molar-refractivity contribution in [3.63, 3.8) is 0 Å². The summed E-state index contributed by atoms with van der Waals surface area (Å²) in [7, 11) is 0. The normalized spacial score (nSPS) is 26.5. The fraction of sp³-hybridized carbons (Fsp3) is 1.00. The lowest BCUT2D eigenvalue weighted by Gasteiger charge is -2.21. The minimum Gasteiger partial charge on any atom is -0.378 e. The highest BCUT2D eigenvalue weighted by molar-refractivity contribution is 4.68. The molecule has 2 heteroatoms. The van der Waals surface area contributed by atoms with E-state index in [1.54, 1.807) is 0 Å². The fourth-order valence-electron chi connectivity index (χ4n) is 3.23. The van der Waals surface area contributed by atoms with Crippen LogP contribution >= 0.6 is 0 Å². The van der Waals surface area contributed by atoms with E-state index in [1.807, 2.05) is 0 Å². The molecule has 0 bridgehead atoms. The monoisotopic (exact) mass is 239 g/mol. The maximum absolute atomic E-state index is 5.63. The van der Waals surface area contributed by atoms with E-state index in [2.05, 4.69) is 5.32 Å². The first-order chi connectivity index (χ1) is 8.45. The Morgan fingerprint density at radius 1 is 0.882 bits per heavy atom. The maximum Gasteiger partial charge on any atom is 0.0576 e. The molecule has 0 aromatic heterocycles. The van der Waals surface area contributed by atoms with E-state index in [0.29, 0.717) is 6.10 Å². The first kappa shape index (κ1) is 13.4. The van der Waals surface area contributed by atoms with Crippen LogP contribution in [-0.4, -0.2) is 25.8 Å². The van der Waals surface area contributed by atoms with Crippen LogP contribution in [0.25, 0.3) is 0 Å². The van der Waals surface area contributed by atoms with E-state index in [9.17, 15) is 0 Å². The van der Waals surface area contributed by atoms with Gasteiger partial charge in [0.2, 0.25) is 0 Å². The summed E-state index contributed by atoms with van der Waals surface area (Å²) in [6.45, 7) is 3.42. The fourth-order valence-corrected chi connectivity index (χ4v) is 3.23. The van der Waals surface area contributed by atoms with Crippen molar-refractivity contribution in [3.05, 3.63) is 0 Å². The molecule has 2 nitrogen and oxygen atoms in total. The first-order valence-electron chi connectivity index (χ1n) is 7.77. The summed E-state index contributed by atoms with van der Waals surface area (Å²) < 4.78 is 5.63. The van der Waals surface area contributed by atoms with Crippen molar-refractivity contribution < 1.29 is 4.74 Å². The summed E-state index contributed by atoms with van der Waals surface area (Å²) in [5, 5.41) is 3.60. The van der Waals surface area contributed by atoms with Crippen LogP contribution in [0, 0.1) is 5.92 Å². The predicted octanol–water partition coefficient (Wildman–Crippen LogP) is 3.51. The van der Waals surface area contributed by atoms with Gasteiger partial charge in [0.05, 0.1) is 6.10 Å². The van der Waals surface area contributed by atoms with Crippen LogP contribution in [0.1, 0.15) is 64.2 Å². The number of rotatable bonds is 7. The quantitative estimate of drug-likeness (QED) is 0.687. The lowest BCUT2D eigenvalue weighted by Crippen LogP contribution is -2.21. The number of ether oxygens (including phenoxy) is 1. The molecular formula is C15H29NO. The molecule has 0 aromatic rings. The van der Waals surface area contributed by atoms with E-state index in [0.717, 1.165) is 12.5 Å². The molecule has 2 rings (SSSR count). The average Bonchev–Trinajstić information content (AvgIpc) is 2.88. The molecule has 1 heterocycles. The molecule has 1 saturated carbocycles. The van der Waals surface area contributed by atoms with Crippen molar-refractivity contribution in [2.75, 3.05) is 19.7 Å². The molecule has 100 valence electrons. The largest absolute Gasteiger partial charge is 0.378 e. The zero-order chi connectivity index (χ0) is 11.8. The molecule has 0 amide bonds. The van der Waals surface area contributed by atoms with Gasteiger partial charge >= 0.3 is 0 Å². The molecule has 2 aliphatic rings. The topological polar surface area (TPSA) is 21.3 Å². The van der Waals surface area contributed by atoms with Crippen molar-refractivity contribution in [3.8, 4) is 0 Å². The Morgan fingerprint density at radius 2 is 1.76 bits per heavy atom. The van der Waals surface area contributed by atoms with E-state index in [-0.39, 0.29) is 0 Å². The smallest absolute Gasteiger partial charge is 0.0576 e. The second-order valence-electron chi connectivity index (χ2n) is 5.82. The first-order valence-corrected chi connectivity index (χ1v) is 7.77. The molecule has 2 fully saturated rings. The summed E-state index contributed by atoms with van der Waals surface area (Å²) in [6, 6.07) is 0. The highest BCUT2D eigenvalue weighted by Crippen LogP contribution is 2.25. The molecule has 1 aliphatic heterocycles. The van der Waals surface area contributed by atoms with Gasteiger partial charge in [-0.25, -0.2) is 0 Å². The van der Waals surface area contributed by atoms with Crippen LogP contribution < -0.4 is 5.32 Å². The van der Waals surface area contributed by atoms with Crippen molar-refractivity contribution in [1.29, 1.82) is 0 Å². The van der Waals surface area contributed by atoms with Gasteiger partial charge < -0.3 is 10.1 Å². The summed E-state index contributed by atoms with van der Waals surface area (Å²) in [5.74, 6) is 1.02. The van der Waals surface area contributed by atoms with Gasteiger partial charge in [-0.3, -0.25) is 0 Å². The van der Waals surface area contributed by atoms with Crippen LogP contribution in [-0.2, 0) is 4.74 Å². The lowest BCUT2D eigenvalue weighted by atomic mass is 9.87. The lowest BCUT2D eigenvalue weighted by molar-refractivity contribution is 0.102. The molecule has 1 saturated heterocycles. The minimum atomic E-state index is 0.579. The average molecular weight is 239 g/mol. The van der Waals surface area contributed by atoms with Gasteiger partial charge in [0.25, 0.3) is 0 Å². The van der Waals surface area contributed by atoms with Gasteiger partial charge in [0.15, 0.2) is 0 Å². The van der Waals surface area contributed by atoms with Gasteiger partial charge in [-0.1, -0.05) is 32.1 Å². The summed E-state index contributed by atoms with van der Waals surface area (Å²) in [5.41, 5.74) is 0. The van der Waals surface area contributed by atoms with Gasteiger partial charge in [0, 0.05) is 6.61 Å². The Hall–Kier alpha value is -0.0800. The van der Waals surface area contributed by atoms with E-state index >= 15 is 0 Å². The van der Waals surface area contributed by atoms with Gasteiger partial charge in [-0.2, -0.15) is 0 Å². The molecular weight excluding hydrogens is 210 g/mol. The van der Waals surface area contributed by atoms with Crippen LogP contribution in [0.4, 0.5) is 0 Å². The Bertz CT molecular complexity index is 183. The predicted molar refractivity (Wildman–Crippen MR) is 72.3 cm³/mol. The van der Waals surface area contributed by atoms with Gasteiger partial charge in [0.1, 0.15) is 0 Å². The standard InChI is InChI=1S/C15H29NO/c1-2-6-14(7-3-1)10-12-16-11-4-8-15-9-5-13-17-15/h14-16H,1-13H2. The second-order valence-corrected chi connectivity index (χ2v) is 5.82. The Labute approximate surface area is 107 Å². The van der Waals surface area contributed by atoms with Crippen molar-refractivity contribution in [1.82, 2.24) is 5.32 Å². The zero-order valence-corrected chi connectivity index (χ0v) is 11.3. The summed E-state index contributed by atoms with van der Waals surface area (Å²) in [6.07, 6.45) is 14.5. The molecule has 17 heavy (non-hydrogen) atoms. The molecule has 0 spiro atoms. The number of hydrogen-bond acceptors (Lipinski definition) is 2. The van der Waals surface area contributed by atoms with Crippen LogP contribution in [0.15, 0.2) is 0 Å². The van der Waals surface area contributed by atoms with Crippen molar-refractivity contribution in [2.24, 2.45) is 5.92 Å². The summed E-state index contributed by atoms with van der Waals surface area (Å²) >= 11 is 0. The van der Waals surface area contributed by atoms with Gasteiger partial charge in [-0.15, -0.1) is 0 Å². The molecule has 1 aliphatic carbocycles. The summed E-state index contributed by atoms with van der Waals surface area (Å²) in [4.78, 5) is 0. The second kappa shape index (κ2) is 8.10. The van der Waals surface area contributed by atoms with E-state index < -0.39 is 0 Å². The molecule has 1 N–H and O–H groups in total. The molecule has 0 aromatic carbocycles. The van der Waals surface area contributed by atoms with E-state index in [1.165, 1.54) is 77.3 Å². The third kappa shape index (κ3) is 5.39. The number of hydrogen-bond donors (Lipinski definition) is 1. The minimum absolute atomic E-state index is 0.579. The van der Waals surface area contributed by atoms with Crippen molar-refractivity contribution >= 4 is 0 Å². The Morgan fingerprint density at radius 3 is 2.53 bits per heavy atom. The molecule has 0 radical (unpaired) electrons. The molecule has 1 unspecified atom stereocenters. The Kier molecular flexibility index (Phi) is 6.36. The van der Waals surface area contributed by atoms with Crippen LogP contribution in [0.5, 0.6) is 0 Å². The third-order valence-corrected chi connectivity index (χ3v) is 4.36. The van der Waals surface area contributed by atoms with Crippen LogP contribution in [0.3, 0.4) is 0 Å². The third-order valence-electron chi connectivity index (χ3n) is 4.36. The highest BCUT2D eigenvalue weighted by atomic mass is 16.5. The van der Waals surface area contributed by atoms with Crippen LogP contribution in [0.2, 0.25) is 0 Å². The van der Waals surface area contributed by atoms with Crippen molar-refractivity contribution in [2.45, 2.75) is 70.3 Å².